The molecule has 2 aromatic rings. The third kappa shape index (κ3) is 5.40. The topological polar surface area (TPSA) is 75.4 Å². The molecular weight excluding hydrogens is 397 g/mol. The number of halogens is 3. The van der Waals surface area contributed by atoms with Crippen molar-refractivity contribution in [3.8, 4) is 0 Å². The van der Waals surface area contributed by atoms with Gasteiger partial charge < -0.3 is 10.2 Å². The Bertz CT molecular complexity index is 858. The molecule has 0 bridgehead atoms. The van der Waals surface area contributed by atoms with Gasteiger partial charge in [-0.2, -0.15) is 17.7 Å². The zero-order valence-electron chi connectivity index (χ0n) is 17.6. The van der Waals surface area contributed by atoms with Gasteiger partial charge >= 0.3 is 6.18 Å². The van der Waals surface area contributed by atoms with Crippen molar-refractivity contribution in [1.29, 1.82) is 0 Å². The lowest BCUT2D eigenvalue weighted by molar-refractivity contribution is -0.146. The molecule has 0 radical (unpaired) electrons. The first-order valence-electron chi connectivity index (χ1n) is 10.5. The summed E-state index contributed by atoms with van der Waals surface area (Å²) < 4.78 is 39.9. The van der Waals surface area contributed by atoms with Gasteiger partial charge in [-0.1, -0.05) is 26.7 Å². The molecule has 7 nitrogen and oxygen atoms in total. The fraction of sp³-hybridized carbons (Fsp3) is 0.700. The normalized spacial score (nSPS) is 17.0. The molecule has 0 spiro atoms. The van der Waals surface area contributed by atoms with Crippen molar-refractivity contribution in [3.63, 3.8) is 0 Å². The average Bonchev–Trinajstić information content (AvgIpc) is 3.11. The maximum absolute atomic E-state index is 13.1. The Morgan fingerprint density at radius 1 is 1.17 bits per heavy atom. The summed E-state index contributed by atoms with van der Waals surface area (Å²) in [5, 5.41) is 13.9. The molecule has 3 heterocycles. The summed E-state index contributed by atoms with van der Waals surface area (Å²) in [6, 6.07) is 3.26. The predicted octanol–water partition coefficient (Wildman–Crippen LogP) is 3.69. The summed E-state index contributed by atoms with van der Waals surface area (Å²) in [6.07, 6.45) is -0.139. The van der Waals surface area contributed by atoms with Gasteiger partial charge in [0.2, 0.25) is 5.91 Å². The minimum absolute atomic E-state index is 0.0480. The second-order valence-corrected chi connectivity index (χ2v) is 8.48. The van der Waals surface area contributed by atoms with Crippen LogP contribution >= 0.6 is 0 Å². The number of fused-ring (bicyclic) bond motifs is 1. The number of nitrogens with one attached hydrogen (secondary N) is 1. The molecule has 1 saturated heterocycles. The molecule has 0 saturated carbocycles. The van der Waals surface area contributed by atoms with Gasteiger partial charge in [0.15, 0.2) is 5.65 Å². The van der Waals surface area contributed by atoms with Crippen LogP contribution in [0.4, 0.5) is 19.0 Å². The first-order valence-corrected chi connectivity index (χ1v) is 10.5. The molecule has 1 atom stereocenters. The highest BCUT2D eigenvalue weighted by Crippen LogP contribution is 2.28. The number of alkyl halides is 3. The highest BCUT2D eigenvalue weighted by atomic mass is 19.4. The number of carbonyl (C=O) groups is 1. The maximum atomic E-state index is 13.1. The summed E-state index contributed by atoms with van der Waals surface area (Å²) in [5.41, 5.74) is 0.0480. The molecule has 2 aromatic heterocycles. The van der Waals surface area contributed by atoms with Crippen molar-refractivity contribution in [1.82, 2.24) is 25.1 Å². The second-order valence-electron chi connectivity index (χ2n) is 8.48. The van der Waals surface area contributed by atoms with E-state index in [2.05, 4.69) is 34.5 Å². The van der Waals surface area contributed by atoms with Crippen LogP contribution < -0.4 is 10.2 Å². The summed E-state index contributed by atoms with van der Waals surface area (Å²) in [6.45, 7) is 7.53. The zero-order valence-corrected chi connectivity index (χ0v) is 17.6. The smallest absolute Gasteiger partial charge is 0.355 e. The van der Waals surface area contributed by atoms with Crippen LogP contribution in [0.2, 0.25) is 0 Å². The molecule has 1 N–H and O–H groups in total. The van der Waals surface area contributed by atoms with Gasteiger partial charge in [-0.15, -0.1) is 15.3 Å². The fourth-order valence-corrected chi connectivity index (χ4v) is 3.76. The number of nitrogens with zero attached hydrogens (tertiary/aromatic N) is 5. The van der Waals surface area contributed by atoms with E-state index in [0.717, 1.165) is 23.8 Å². The van der Waals surface area contributed by atoms with Gasteiger partial charge in [0, 0.05) is 25.0 Å². The lowest BCUT2D eigenvalue weighted by Gasteiger charge is -2.32. The lowest BCUT2D eigenvalue weighted by atomic mass is 9.95. The van der Waals surface area contributed by atoms with E-state index in [4.69, 9.17) is 0 Å². The van der Waals surface area contributed by atoms with Gasteiger partial charge in [0.05, 0.1) is 0 Å². The zero-order chi connectivity index (χ0) is 21.9. The van der Waals surface area contributed by atoms with Crippen LogP contribution in [-0.4, -0.2) is 44.8 Å². The summed E-state index contributed by atoms with van der Waals surface area (Å²) in [5.74, 6) is -0.0735. The Hall–Kier alpha value is -2.39. The number of hydrogen-bond donors (Lipinski definition) is 1. The Balaban J connectivity index is 1.56. The molecule has 1 amide bonds. The first-order chi connectivity index (χ1) is 14.1. The molecule has 10 heteroatoms. The van der Waals surface area contributed by atoms with Crippen LogP contribution in [0.5, 0.6) is 0 Å². The Kier molecular flexibility index (Phi) is 6.82. The molecule has 166 valence electrons. The lowest BCUT2D eigenvalue weighted by Crippen LogP contribution is -2.43. The second kappa shape index (κ2) is 9.18. The Morgan fingerprint density at radius 2 is 1.87 bits per heavy atom. The molecule has 1 aliphatic rings. The molecule has 1 aliphatic heterocycles. The van der Waals surface area contributed by atoms with E-state index in [1.54, 1.807) is 6.07 Å². The van der Waals surface area contributed by atoms with Crippen molar-refractivity contribution >= 4 is 17.4 Å². The van der Waals surface area contributed by atoms with Crippen molar-refractivity contribution in [3.05, 3.63) is 18.0 Å². The minimum Gasteiger partial charge on any atom is -0.355 e. The van der Waals surface area contributed by atoms with Crippen LogP contribution in [0, 0.1) is 11.8 Å². The van der Waals surface area contributed by atoms with Gasteiger partial charge in [-0.3, -0.25) is 4.79 Å². The average molecular weight is 426 g/mol. The van der Waals surface area contributed by atoms with E-state index in [1.165, 1.54) is 6.07 Å². The van der Waals surface area contributed by atoms with Crippen molar-refractivity contribution < 1.29 is 18.0 Å². The van der Waals surface area contributed by atoms with E-state index >= 15 is 0 Å². The third-order valence-electron chi connectivity index (χ3n) is 5.50. The van der Waals surface area contributed by atoms with Crippen molar-refractivity contribution in [2.45, 2.75) is 65.1 Å². The van der Waals surface area contributed by atoms with E-state index in [1.807, 2.05) is 11.8 Å². The maximum Gasteiger partial charge on any atom is 0.453 e. The summed E-state index contributed by atoms with van der Waals surface area (Å²) in [7, 11) is 0. The van der Waals surface area contributed by atoms with E-state index in [9.17, 15) is 18.0 Å². The number of hydrogen-bond acceptors (Lipinski definition) is 5. The third-order valence-corrected chi connectivity index (χ3v) is 5.50. The number of aromatic nitrogens is 4. The van der Waals surface area contributed by atoms with Crippen molar-refractivity contribution in [2.75, 3.05) is 18.0 Å². The molecular formula is C20H29F3N6O. The molecule has 0 aromatic carbocycles. The van der Waals surface area contributed by atoms with Gasteiger partial charge in [-0.25, -0.2) is 0 Å². The highest BCUT2D eigenvalue weighted by molar-refractivity contribution is 5.79. The summed E-state index contributed by atoms with van der Waals surface area (Å²) >= 11 is 0. The molecule has 0 aliphatic carbocycles. The van der Waals surface area contributed by atoms with Gasteiger partial charge in [0.25, 0.3) is 5.82 Å². The van der Waals surface area contributed by atoms with Crippen LogP contribution in [0.3, 0.4) is 0 Å². The molecule has 1 unspecified atom stereocenters. The number of carbonyl (C=O) groups excluding carboxylic acids is 1. The van der Waals surface area contributed by atoms with Crippen LogP contribution in [0.25, 0.3) is 5.65 Å². The fourth-order valence-electron chi connectivity index (χ4n) is 3.76. The number of rotatable bonds is 7. The molecule has 1 fully saturated rings. The summed E-state index contributed by atoms with van der Waals surface area (Å²) in [4.78, 5) is 14.5. The minimum atomic E-state index is -4.62. The van der Waals surface area contributed by atoms with Gasteiger partial charge in [-0.05, 0) is 44.2 Å². The highest BCUT2D eigenvalue weighted by Gasteiger charge is 2.38. The van der Waals surface area contributed by atoms with Gasteiger partial charge in [0.1, 0.15) is 5.82 Å². The molecule has 30 heavy (non-hydrogen) atoms. The Morgan fingerprint density at radius 3 is 2.50 bits per heavy atom. The predicted molar refractivity (Wildman–Crippen MR) is 107 cm³/mol. The van der Waals surface area contributed by atoms with Crippen LogP contribution in [0.1, 0.15) is 58.7 Å². The van der Waals surface area contributed by atoms with Crippen LogP contribution in [-0.2, 0) is 11.0 Å². The number of anilines is 1. The number of piperidine rings is 1. The standard InChI is InChI=1S/C20H29F3N6O/c1-13(2)5-4-6-14(3)24-18(30)15-9-11-28(12-10-15)17-8-7-16-25-26-19(20(21,22)23)29(16)27-17/h7-8,13-15H,4-6,9-12H2,1-3H3,(H,24,30). The molecule has 3 rings (SSSR count). The number of amides is 1. The monoisotopic (exact) mass is 426 g/mol. The first kappa shape index (κ1) is 22.3. The van der Waals surface area contributed by atoms with Crippen LogP contribution in [0.15, 0.2) is 12.1 Å². The quantitative estimate of drug-likeness (QED) is 0.731. The van der Waals surface area contributed by atoms with Crippen molar-refractivity contribution in [2.24, 2.45) is 11.8 Å². The van der Waals surface area contributed by atoms with E-state index < -0.39 is 12.0 Å². The van der Waals surface area contributed by atoms with E-state index in [0.29, 0.717) is 37.7 Å². The van der Waals surface area contributed by atoms with E-state index in [-0.39, 0.29) is 23.5 Å². The Labute approximate surface area is 174 Å². The SMILES string of the molecule is CC(C)CCCC(C)NC(=O)C1CCN(c2ccc3nnc(C(F)(F)F)n3n2)CC1. The largest absolute Gasteiger partial charge is 0.453 e.